The summed E-state index contributed by atoms with van der Waals surface area (Å²) in [6, 6.07) is 3.14. The molecule has 1 aliphatic heterocycles. The van der Waals surface area contributed by atoms with Crippen molar-refractivity contribution in [1.29, 1.82) is 0 Å². The molecule has 1 N–H and O–H groups in total. The van der Waals surface area contributed by atoms with E-state index in [-0.39, 0.29) is 11.2 Å². The van der Waals surface area contributed by atoms with Gasteiger partial charge in [-0.3, -0.25) is 10.1 Å². The van der Waals surface area contributed by atoms with Crippen LogP contribution in [0.1, 0.15) is 20.3 Å². The van der Waals surface area contributed by atoms with Crippen LogP contribution in [0, 0.1) is 10.1 Å². The zero-order valence-corrected chi connectivity index (χ0v) is 13.6. The number of pyridine rings is 1. The highest BCUT2D eigenvalue weighted by molar-refractivity contribution is 5.41. The summed E-state index contributed by atoms with van der Waals surface area (Å²) in [5.41, 5.74) is -0.0901. The smallest absolute Gasteiger partial charge is 0.287 e. The third-order valence-corrected chi connectivity index (χ3v) is 4.07. The van der Waals surface area contributed by atoms with Crippen LogP contribution in [0.15, 0.2) is 18.3 Å². The number of nitrogens with one attached hydrogen (secondary N) is 1. The summed E-state index contributed by atoms with van der Waals surface area (Å²) in [5.74, 6) is 0.675. The van der Waals surface area contributed by atoms with Gasteiger partial charge >= 0.3 is 0 Å². The molecule has 0 unspecified atom stereocenters. The average molecular weight is 307 g/mol. The Hall–Kier alpha value is -1.73. The van der Waals surface area contributed by atoms with Crippen molar-refractivity contribution in [1.82, 2.24) is 14.8 Å². The maximum Gasteiger partial charge on any atom is 0.287 e. The summed E-state index contributed by atoms with van der Waals surface area (Å²) in [6.45, 7) is 9.78. The molecule has 0 spiro atoms. The molecule has 0 aromatic carbocycles. The lowest BCUT2D eigenvalue weighted by Crippen LogP contribution is -2.46. The Bertz CT molecular complexity index is 495. The minimum atomic E-state index is -0.435. The molecule has 0 bridgehead atoms. The fourth-order valence-corrected chi connectivity index (χ4v) is 2.49. The number of aromatic nitrogens is 1. The largest absolute Gasteiger partial charge is 0.365 e. The first kappa shape index (κ1) is 16.6. The van der Waals surface area contributed by atoms with Crippen molar-refractivity contribution in [2.24, 2.45) is 0 Å². The van der Waals surface area contributed by atoms with Crippen LogP contribution in [0.5, 0.6) is 0 Å². The van der Waals surface area contributed by atoms with Gasteiger partial charge in [0.05, 0.1) is 4.92 Å². The van der Waals surface area contributed by atoms with Gasteiger partial charge in [0.2, 0.25) is 0 Å². The van der Waals surface area contributed by atoms with Gasteiger partial charge in [-0.2, -0.15) is 0 Å². The molecule has 0 amide bonds. The Balaban J connectivity index is 1.83. The Morgan fingerprint density at radius 3 is 2.55 bits per heavy atom. The Morgan fingerprint density at radius 1 is 1.32 bits per heavy atom. The fraction of sp³-hybridized carbons (Fsp3) is 0.667. The average Bonchev–Trinajstić information content (AvgIpc) is 2.47. The van der Waals surface area contributed by atoms with E-state index in [1.165, 1.54) is 12.3 Å². The third kappa shape index (κ3) is 4.92. The van der Waals surface area contributed by atoms with Crippen LogP contribution in [-0.2, 0) is 0 Å². The molecule has 0 atom stereocenters. The minimum absolute atomic E-state index is 0.0146. The van der Waals surface area contributed by atoms with Crippen molar-refractivity contribution in [3.8, 4) is 0 Å². The van der Waals surface area contributed by atoms with Gasteiger partial charge in [0.1, 0.15) is 12.0 Å². The number of hydrogen-bond acceptors (Lipinski definition) is 6. The Kier molecular flexibility index (Phi) is 5.31. The highest BCUT2D eigenvalue weighted by Crippen LogP contribution is 2.19. The van der Waals surface area contributed by atoms with E-state index in [4.69, 9.17) is 0 Å². The van der Waals surface area contributed by atoms with Crippen molar-refractivity contribution in [2.45, 2.75) is 25.8 Å². The molecule has 0 aliphatic carbocycles. The second-order valence-electron chi connectivity index (χ2n) is 6.56. The number of nitro groups is 1. The van der Waals surface area contributed by atoms with E-state index in [2.05, 4.69) is 41.0 Å². The molecule has 2 heterocycles. The van der Waals surface area contributed by atoms with Crippen LogP contribution in [-0.4, -0.2) is 65.0 Å². The topological polar surface area (TPSA) is 74.5 Å². The molecule has 2 rings (SSSR count). The number of hydrogen-bond donors (Lipinski definition) is 1. The monoisotopic (exact) mass is 307 g/mol. The summed E-state index contributed by atoms with van der Waals surface area (Å²) >= 11 is 0. The van der Waals surface area contributed by atoms with E-state index in [0.29, 0.717) is 5.82 Å². The number of piperazine rings is 1. The molecule has 1 aromatic heterocycles. The van der Waals surface area contributed by atoms with Gasteiger partial charge in [-0.25, -0.2) is 4.98 Å². The summed E-state index contributed by atoms with van der Waals surface area (Å²) in [7, 11) is 2.16. The van der Waals surface area contributed by atoms with Gasteiger partial charge in [-0.15, -0.1) is 0 Å². The molecule has 1 saturated heterocycles. The molecule has 22 heavy (non-hydrogen) atoms. The van der Waals surface area contributed by atoms with Gasteiger partial charge < -0.3 is 15.1 Å². The van der Waals surface area contributed by atoms with Gasteiger partial charge in [0.25, 0.3) is 5.69 Å². The predicted molar refractivity (Wildman–Crippen MR) is 87.1 cm³/mol. The van der Waals surface area contributed by atoms with Crippen LogP contribution < -0.4 is 5.32 Å². The maximum absolute atomic E-state index is 10.6. The zero-order chi connectivity index (χ0) is 16.2. The van der Waals surface area contributed by atoms with Gasteiger partial charge in [-0.05, 0) is 33.4 Å². The van der Waals surface area contributed by atoms with Gasteiger partial charge in [-0.1, -0.05) is 0 Å². The second kappa shape index (κ2) is 7.02. The molecule has 122 valence electrons. The quantitative estimate of drug-likeness (QED) is 0.638. The van der Waals surface area contributed by atoms with Crippen molar-refractivity contribution in [3.63, 3.8) is 0 Å². The standard InChI is InChI=1S/C15H25N5O2/c1-15(2,6-7-19-10-8-18(3)9-11-19)17-14-5-4-13(12-16-14)20(21)22/h4-5,12H,6-11H2,1-3H3,(H,16,17). The van der Waals surface area contributed by atoms with Gasteiger partial charge in [0.15, 0.2) is 0 Å². The lowest BCUT2D eigenvalue weighted by molar-refractivity contribution is -0.385. The van der Waals surface area contributed by atoms with Crippen molar-refractivity contribution < 1.29 is 4.92 Å². The van der Waals surface area contributed by atoms with Crippen LogP contribution >= 0.6 is 0 Å². The molecule has 1 aliphatic rings. The first-order chi connectivity index (χ1) is 10.4. The Labute approximate surface area is 131 Å². The zero-order valence-electron chi connectivity index (χ0n) is 13.6. The van der Waals surface area contributed by atoms with E-state index in [9.17, 15) is 10.1 Å². The summed E-state index contributed by atoms with van der Waals surface area (Å²) in [5, 5.41) is 14.0. The molecular formula is C15H25N5O2. The second-order valence-corrected chi connectivity index (χ2v) is 6.56. The highest BCUT2D eigenvalue weighted by Gasteiger charge is 2.21. The number of anilines is 1. The normalized spacial score (nSPS) is 17.4. The van der Waals surface area contributed by atoms with Crippen molar-refractivity contribution in [2.75, 3.05) is 45.1 Å². The number of rotatable bonds is 6. The maximum atomic E-state index is 10.6. The molecule has 7 heteroatoms. The molecule has 0 radical (unpaired) electrons. The van der Waals surface area contributed by atoms with Gasteiger partial charge in [0, 0.05) is 44.3 Å². The van der Waals surface area contributed by atoms with Crippen molar-refractivity contribution >= 4 is 11.5 Å². The van der Waals surface area contributed by atoms with Crippen LogP contribution in [0.4, 0.5) is 11.5 Å². The SMILES string of the molecule is CN1CCN(CCC(C)(C)Nc2ccc([N+](=O)[O-])cn2)CC1. The van der Waals surface area contributed by atoms with Crippen LogP contribution in [0.2, 0.25) is 0 Å². The summed E-state index contributed by atoms with van der Waals surface area (Å²) in [4.78, 5) is 19.1. The lowest BCUT2D eigenvalue weighted by atomic mass is 10.00. The fourth-order valence-electron chi connectivity index (χ4n) is 2.49. The molecule has 7 nitrogen and oxygen atoms in total. The predicted octanol–water partition coefficient (Wildman–Crippen LogP) is 1.82. The van der Waals surface area contributed by atoms with E-state index < -0.39 is 4.92 Å². The van der Waals surface area contributed by atoms with E-state index in [0.717, 1.165) is 39.1 Å². The molecule has 1 aromatic rings. The summed E-state index contributed by atoms with van der Waals surface area (Å²) < 4.78 is 0. The number of nitrogens with zero attached hydrogens (tertiary/aromatic N) is 4. The first-order valence-electron chi connectivity index (χ1n) is 7.65. The summed E-state index contributed by atoms with van der Waals surface area (Å²) in [6.07, 6.45) is 2.29. The highest BCUT2D eigenvalue weighted by atomic mass is 16.6. The van der Waals surface area contributed by atoms with Crippen molar-refractivity contribution in [3.05, 3.63) is 28.4 Å². The van der Waals surface area contributed by atoms with E-state index in [1.54, 1.807) is 6.07 Å². The minimum Gasteiger partial charge on any atom is -0.365 e. The molecule has 0 saturated carbocycles. The first-order valence-corrected chi connectivity index (χ1v) is 7.65. The molecular weight excluding hydrogens is 282 g/mol. The third-order valence-electron chi connectivity index (χ3n) is 4.07. The van der Waals surface area contributed by atoms with Crippen LogP contribution in [0.3, 0.4) is 0 Å². The van der Waals surface area contributed by atoms with Crippen LogP contribution in [0.25, 0.3) is 0 Å². The number of likely N-dealkylation sites (N-methyl/N-ethyl adjacent to an activating group) is 1. The molecule has 1 fully saturated rings. The van der Waals surface area contributed by atoms with E-state index >= 15 is 0 Å². The van der Waals surface area contributed by atoms with E-state index in [1.807, 2.05) is 0 Å². The lowest BCUT2D eigenvalue weighted by Gasteiger charge is -2.35. The Morgan fingerprint density at radius 2 is 2.00 bits per heavy atom.